The highest BCUT2D eigenvalue weighted by Crippen LogP contribution is 2.25. The molecule has 0 amide bonds. The van der Waals surface area contributed by atoms with Crippen molar-refractivity contribution in [3.05, 3.63) is 29.3 Å². The summed E-state index contributed by atoms with van der Waals surface area (Å²) in [4.78, 5) is 0. The summed E-state index contributed by atoms with van der Waals surface area (Å²) in [7, 11) is 1.53. The van der Waals surface area contributed by atoms with Crippen LogP contribution >= 0.6 is 10.7 Å². The van der Waals surface area contributed by atoms with Gasteiger partial charge in [-0.2, -0.15) is 0 Å². The Morgan fingerprint density at radius 2 is 1.86 bits per heavy atom. The summed E-state index contributed by atoms with van der Waals surface area (Å²) in [5.74, 6) is 0.759. The maximum absolute atomic E-state index is 11.6. The molecule has 0 saturated heterocycles. The summed E-state index contributed by atoms with van der Waals surface area (Å²) >= 11 is 0. The number of nitrogens with zero attached hydrogens (tertiary/aromatic N) is 3. The van der Waals surface area contributed by atoms with Crippen molar-refractivity contribution in [2.24, 2.45) is 5.92 Å². The zero-order chi connectivity index (χ0) is 15.8. The van der Waals surface area contributed by atoms with Gasteiger partial charge < -0.3 is 0 Å². The monoisotopic (exact) mass is 327 g/mol. The van der Waals surface area contributed by atoms with E-state index in [4.69, 9.17) is 10.7 Å². The van der Waals surface area contributed by atoms with Crippen LogP contribution in [0.2, 0.25) is 0 Å². The van der Waals surface area contributed by atoms with Gasteiger partial charge in [0.2, 0.25) is 0 Å². The predicted molar refractivity (Wildman–Crippen MR) is 82.8 cm³/mol. The van der Waals surface area contributed by atoms with Crippen LogP contribution in [0.25, 0.3) is 11.4 Å². The minimum absolute atomic E-state index is 0.203. The van der Waals surface area contributed by atoms with E-state index >= 15 is 0 Å². The molecular weight excluding hydrogens is 310 g/mol. The van der Waals surface area contributed by atoms with Gasteiger partial charge in [-0.15, -0.1) is 10.2 Å². The molecule has 0 N–H and O–H groups in total. The molecule has 0 aliphatic carbocycles. The number of hydrogen-bond acceptors (Lipinski definition) is 4. The minimum Gasteiger partial charge on any atom is -0.297 e. The summed E-state index contributed by atoms with van der Waals surface area (Å²) in [6.45, 7) is 8.49. The summed E-state index contributed by atoms with van der Waals surface area (Å²) in [6, 6.07) is 5.86. The van der Waals surface area contributed by atoms with Gasteiger partial charge in [0.15, 0.2) is 5.82 Å². The van der Waals surface area contributed by atoms with E-state index in [1.165, 1.54) is 5.56 Å². The van der Waals surface area contributed by atoms with Crippen molar-refractivity contribution in [2.75, 3.05) is 0 Å². The van der Waals surface area contributed by atoms with Crippen molar-refractivity contribution in [3.8, 4) is 11.4 Å². The van der Waals surface area contributed by atoms with Gasteiger partial charge in [-0.1, -0.05) is 26.0 Å². The molecule has 2 aromatic rings. The lowest BCUT2D eigenvalue weighted by Gasteiger charge is -2.12. The van der Waals surface area contributed by atoms with Gasteiger partial charge in [0.25, 0.3) is 14.2 Å². The average Bonchev–Trinajstić information content (AvgIpc) is 2.75. The second-order valence-corrected chi connectivity index (χ2v) is 8.01. The number of aromatic nitrogens is 3. The van der Waals surface area contributed by atoms with Crippen LogP contribution in [0.15, 0.2) is 23.4 Å². The van der Waals surface area contributed by atoms with Crippen molar-refractivity contribution in [1.82, 2.24) is 14.8 Å². The van der Waals surface area contributed by atoms with Crippen molar-refractivity contribution in [2.45, 2.75) is 39.4 Å². The largest absolute Gasteiger partial charge is 0.297 e. The van der Waals surface area contributed by atoms with Crippen molar-refractivity contribution in [1.29, 1.82) is 0 Å². The van der Waals surface area contributed by atoms with Gasteiger partial charge in [-0.05, 0) is 37.0 Å². The summed E-state index contributed by atoms with van der Waals surface area (Å²) in [5.41, 5.74) is 3.11. The summed E-state index contributed by atoms with van der Waals surface area (Å²) in [5, 5.41) is 7.59. The summed E-state index contributed by atoms with van der Waals surface area (Å²) in [6.07, 6.45) is 0. The normalized spacial score (nSPS) is 12.1. The lowest BCUT2D eigenvalue weighted by atomic mass is 10.1. The molecule has 7 heteroatoms. The highest BCUT2D eigenvalue weighted by molar-refractivity contribution is 8.13. The molecule has 114 valence electrons. The number of rotatable bonds is 4. The molecule has 2 rings (SSSR count). The van der Waals surface area contributed by atoms with Crippen LogP contribution in [0.5, 0.6) is 0 Å². The number of hydrogen-bond donors (Lipinski definition) is 0. The Bertz CT molecular complexity index is 767. The third-order valence-electron chi connectivity index (χ3n) is 3.25. The van der Waals surface area contributed by atoms with E-state index < -0.39 is 9.05 Å². The van der Waals surface area contributed by atoms with E-state index in [2.05, 4.69) is 10.2 Å². The van der Waals surface area contributed by atoms with Crippen LogP contribution in [-0.4, -0.2) is 23.2 Å². The minimum atomic E-state index is -3.92. The molecule has 1 aromatic heterocycles. The lowest BCUT2D eigenvalue weighted by molar-refractivity contribution is 0.488. The van der Waals surface area contributed by atoms with Gasteiger partial charge in [0.05, 0.1) is 0 Å². The topological polar surface area (TPSA) is 64.8 Å². The van der Waals surface area contributed by atoms with Crippen molar-refractivity contribution in [3.63, 3.8) is 0 Å². The van der Waals surface area contributed by atoms with Gasteiger partial charge in [-0.25, -0.2) is 8.42 Å². The van der Waals surface area contributed by atoms with Crippen LogP contribution in [0.3, 0.4) is 0 Å². The van der Waals surface area contributed by atoms with Crippen LogP contribution in [0, 0.1) is 19.8 Å². The molecule has 21 heavy (non-hydrogen) atoms. The first-order valence-corrected chi connectivity index (χ1v) is 8.96. The highest BCUT2D eigenvalue weighted by Gasteiger charge is 2.23. The molecule has 0 saturated carbocycles. The first-order valence-electron chi connectivity index (χ1n) is 6.65. The number of halogens is 1. The Hall–Kier alpha value is -1.40. The quantitative estimate of drug-likeness (QED) is 0.809. The van der Waals surface area contributed by atoms with E-state index in [9.17, 15) is 8.42 Å². The van der Waals surface area contributed by atoms with Crippen LogP contribution < -0.4 is 0 Å². The van der Waals surface area contributed by atoms with E-state index in [0.29, 0.717) is 12.4 Å². The summed E-state index contributed by atoms with van der Waals surface area (Å²) < 4.78 is 24.9. The Balaban J connectivity index is 2.63. The standard InChI is InChI=1S/C14H18ClN3O2S/c1-9(2)8-18-13(16-17-14(18)21(15,19)20)12-6-5-10(3)11(4)7-12/h5-7,9H,8H2,1-4H3. The highest BCUT2D eigenvalue weighted by atomic mass is 35.7. The first kappa shape index (κ1) is 16.0. The van der Waals surface area contributed by atoms with Crippen molar-refractivity contribution >= 4 is 19.7 Å². The third-order valence-corrected chi connectivity index (χ3v) is 4.40. The zero-order valence-corrected chi connectivity index (χ0v) is 14.0. The van der Waals surface area contributed by atoms with Gasteiger partial charge in [-0.3, -0.25) is 4.57 Å². The SMILES string of the molecule is Cc1ccc(-c2nnc(S(=O)(=O)Cl)n2CC(C)C)cc1C. The second kappa shape index (κ2) is 5.77. The molecule has 0 fully saturated rings. The Morgan fingerprint density at radius 1 is 1.19 bits per heavy atom. The predicted octanol–water partition coefficient (Wildman–Crippen LogP) is 3.15. The maximum atomic E-state index is 11.6. The molecule has 0 radical (unpaired) electrons. The Morgan fingerprint density at radius 3 is 2.38 bits per heavy atom. The van der Waals surface area contributed by atoms with Crippen molar-refractivity contribution < 1.29 is 8.42 Å². The van der Waals surface area contributed by atoms with E-state index in [1.807, 2.05) is 45.9 Å². The second-order valence-electron chi connectivity index (χ2n) is 5.55. The molecule has 5 nitrogen and oxygen atoms in total. The van der Waals surface area contributed by atoms with Crippen LogP contribution in [0.1, 0.15) is 25.0 Å². The average molecular weight is 328 g/mol. The smallest absolute Gasteiger partial charge is 0.296 e. The van der Waals surface area contributed by atoms with Crippen LogP contribution in [-0.2, 0) is 15.6 Å². The first-order chi connectivity index (χ1) is 9.70. The zero-order valence-electron chi connectivity index (χ0n) is 12.5. The fourth-order valence-corrected chi connectivity index (χ4v) is 3.00. The molecule has 0 spiro atoms. The fourth-order valence-electron chi connectivity index (χ4n) is 2.09. The number of aryl methyl sites for hydroxylation is 2. The molecule has 1 aromatic carbocycles. The molecule has 0 atom stereocenters. The molecule has 0 aliphatic rings. The third kappa shape index (κ3) is 3.44. The fraction of sp³-hybridized carbons (Fsp3) is 0.429. The molecule has 0 aliphatic heterocycles. The molecule has 0 bridgehead atoms. The lowest BCUT2D eigenvalue weighted by Crippen LogP contribution is -2.12. The Labute approximate surface area is 129 Å². The van der Waals surface area contributed by atoms with Gasteiger partial charge >= 0.3 is 0 Å². The van der Waals surface area contributed by atoms with E-state index in [-0.39, 0.29) is 11.1 Å². The van der Waals surface area contributed by atoms with Gasteiger partial charge in [0, 0.05) is 22.8 Å². The molecule has 1 heterocycles. The molecular formula is C14H18ClN3O2S. The number of benzene rings is 1. The van der Waals surface area contributed by atoms with Crippen LogP contribution in [0.4, 0.5) is 0 Å². The van der Waals surface area contributed by atoms with E-state index in [0.717, 1.165) is 11.1 Å². The maximum Gasteiger partial charge on any atom is 0.296 e. The van der Waals surface area contributed by atoms with E-state index in [1.54, 1.807) is 4.57 Å². The van der Waals surface area contributed by atoms with Gasteiger partial charge in [0.1, 0.15) is 0 Å². The Kier molecular flexibility index (Phi) is 4.39. The molecule has 0 unspecified atom stereocenters.